The van der Waals surface area contributed by atoms with Crippen molar-refractivity contribution < 1.29 is 13.2 Å². The first kappa shape index (κ1) is 18.9. The largest absolute Gasteiger partial charge is 0.339 e. The Bertz CT molecular complexity index is 636. The lowest BCUT2D eigenvalue weighted by atomic mass is 10.1. The maximum absolute atomic E-state index is 12.4. The van der Waals surface area contributed by atoms with Gasteiger partial charge in [-0.05, 0) is 70.6 Å². The van der Waals surface area contributed by atoms with Crippen molar-refractivity contribution in [3.63, 3.8) is 0 Å². The van der Waals surface area contributed by atoms with Crippen LogP contribution < -0.4 is 4.72 Å². The molecule has 0 aliphatic carbocycles. The minimum Gasteiger partial charge on any atom is -0.339 e. The van der Waals surface area contributed by atoms with E-state index in [2.05, 4.69) is 4.72 Å². The normalized spacial score (nSPS) is 15.7. The summed E-state index contributed by atoms with van der Waals surface area (Å²) in [6.07, 6.45) is 3.99. The number of sulfonamides is 1. The molecule has 6 nitrogen and oxygen atoms in total. The SMILES string of the molecule is CN(C)CCCNS(=O)(=O)c1ccc(C(=O)N2CCCCC2)cc1. The molecule has 0 radical (unpaired) electrons. The van der Waals surface area contributed by atoms with Crippen LogP contribution in [0.2, 0.25) is 0 Å². The van der Waals surface area contributed by atoms with Gasteiger partial charge in [0.05, 0.1) is 4.90 Å². The highest BCUT2D eigenvalue weighted by molar-refractivity contribution is 7.89. The van der Waals surface area contributed by atoms with Crippen LogP contribution in [0.1, 0.15) is 36.0 Å². The van der Waals surface area contributed by atoms with E-state index in [9.17, 15) is 13.2 Å². The van der Waals surface area contributed by atoms with E-state index in [1.165, 1.54) is 18.6 Å². The van der Waals surface area contributed by atoms with Crippen molar-refractivity contribution in [1.82, 2.24) is 14.5 Å². The van der Waals surface area contributed by atoms with Gasteiger partial charge in [-0.3, -0.25) is 4.79 Å². The number of carbonyl (C=O) groups is 1. The summed E-state index contributed by atoms with van der Waals surface area (Å²) in [4.78, 5) is 16.4. The smallest absolute Gasteiger partial charge is 0.253 e. The van der Waals surface area contributed by atoms with Crippen LogP contribution in [-0.2, 0) is 10.0 Å². The molecule has 1 aromatic rings. The van der Waals surface area contributed by atoms with Crippen molar-refractivity contribution in [3.8, 4) is 0 Å². The predicted molar refractivity (Wildman–Crippen MR) is 94.6 cm³/mol. The molecular formula is C17H27N3O3S. The molecule has 7 heteroatoms. The zero-order chi connectivity index (χ0) is 17.6. The van der Waals surface area contributed by atoms with Crippen molar-refractivity contribution >= 4 is 15.9 Å². The molecule has 1 aromatic carbocycles. The number of nitrogens with one attached hydrogen (secondary N) is 1. The average molecular weight is 353 g/mol. The molecule has 1 heterocycles. The lowest BCUT2D eigenvalue weighted by Gasteiger charge is -2.26. The molecule has 0 atom stereocenters. The minimum atomic E-state index is -3.52. The van der Waals surface area contributed by atoms with Gasteiger partial charge < -0.3 is 9.80 Å². The number of nitrogens with zero attached hydrogens (tertiary/aromatic N) is 2. The molecule has 1 N–H and O–H groups in total. The van der Waals surface area contributed by atoms with Crippen molar-refractivity contribution in [1.29, 1.82) is 0 Å². The third-order valence-electron chi connectivity index (χ3n) is 4.13. The minimum absolute atomic E-state index is 0.0161. The van der Waals surface area contributed by atoms with E-state index in [4.69, 9.17) is 0 Å². The van der Waals surface area contributed by atoms with Crippen LogP contribution in [0, 0.1) is 0 Å². The van der Waals surface area contributed by atoms with Crippen LogP contribution in [0.3, 0.4) is 0 Å². The van der Waals surface area contributed by atoms with Gasteiger partial charge in [-0.25, -0.2) is 13.1 Å². The number of carbonyl (C=O) groups excluding carboxylic acids is 1. The third kappa shape index (κ3) is 5.29. The summed E-state index contributed by atoms with van der Waals surface area (Å²) in [6, 6.07) is 6.22. The summed E-state index contributed by atoms with van der Waals surface area (Å²) in [5, 5.41) is 0. The van der Waals surface area contributed by atoms with Gasteiger partial charge in [0.15, 0.2) is 0 Å². The summed E-state index contributed by atoms with van der Waals surface area (Å²) in [5.74, 6) is -0.0161. The average Bonchev–Trinajstić information content (AvgIpc) is 2.59. The third-order valence-corrected chi connectivity index (χ3v) is 5.61. The molecule has 1 aliphatic rings. The number of likely N-dealkylation sites (tertiary alicyclic amines) is 1. The molecule has 0 unspecified atom stereocenters. The Balaban J connectivity index is 1.96. The Labute approximate surface area is 144 Å². The van der Waals surface area contributed by atoms with Gasteiger partial charge in [-0.2, -0.15) is 0 Å². The molecule has 0 spiro atoms. The molecular weight excluding hydrogens is 326 g/mol. The monoisotopic (exact) mass is 353 g/mol. The highest BCUT2D eigenvalue weighted by Crippen LogP contribution is 2.15. The molecule has 1 saturated heterocycles. The van der Waals surface area contributed by atoms with Gasteiger partial charge >= 0.3 is 0 Å². The summed E-state index contributed by atoms with van der Waals surface area (Å²) in [5.41, 5.74) is 0.545. The molecule has 1 fully saturated rings. The molecule has 1 aliphatic heterocycles. The first-order valence-corrected chi connectivity index (χ1v) is 9.92. The Morgan fingerprint density at radius 2 is 1.75 bits per heavy atom. The molecule has 24 heavy (non-hydrogen) atoms. The van der Waals surface area contributed by atoms with Gasteiger partial charge in [0.2, 0.25) is 10.0 Å². The summed E-state index contributed by atoms with van der Waals surface area (Å²) in [6.45, 7) is 2.79. The lowest BCUT2D eigenvalue weighted by Crippen LogP contribution is -2.35. The van der Waals surface area contributed by atoms with Gasteiger partial charge in [0, 0.05) is 25.2 Å². The van der Waals surface area contributed by atoms with Crippen molar-refractivity contribution in [2.24, 2.45) is 0 Å². The number of amides is 1. The summed E-state index contributed by atoms with van der Waals surface area (Å²) >= 11 is 0. The number of piperidine rings is 1. The van der Waals surface area contributed by atoms with E-state index in [0.717, 1.165) is 38.9 Å². The maximum Gasteiger partial charge on any atom is 0.253 e. The second kappa shape index (κ2) is 8.60. The lowest BCUT2D eigenvalue weighted by molar-refractivity contribution is 0.0724. The molecule has 1 amide bonds. The van der Waals surface area contributed by atoms with Crippen molar-refractivity contribution in [2.45, 2.75) is 30.6 Å². The first-order valence-electron chi connectivity index (χ1n) is 8.44. The van der Waals surface area contributed by atoms with Gasteiger partial charge in [0.1, 0.15) is 0 Å². The van der Waals surface area contributed by atoms with E-state index in [-0.39, 0.29) is 10.8 Å². The van der Waals surface area contributed by atoms with Crippen LogP contribution in [0.5, 0.6) is 0 Å². The predicted octanol–water partition coefficient (Wildman–Crippen LogP) is 1.54. The number of benzene rings is 1. The Morgan fingerprint density at radius 3 is 2.33 bits per heavy atom. The van der Waals surface area contributed by atoms with Crippen LogP contribution in [0.15, 0.2) is 29.2 Å². The van der Waals surface area contributed by atoms with Gasteiger partial charge in [-0.15, -0.1) is 0 Å². The zero-order valence-corrected chi connectivity index (χ0v) is 15.3. The van der Waals surface area contributed by atoms with E-state index in [0.29, 0.717) is 12.1 Å². The highest BCUT2D eigenvalue weighted by atomic mass is 32.2. The number of rotatable bonds is 7. The fraction of sp³-hybridized carbons (Fsp3) is 0.588. The summed E-state index contributed by atoms with van der Waals surface area (Å²) < 4.78 is 27.1. The van der Waals surface area contributed by atoms with Crippen LogP contribution in [0.4, 0.5) is 0 Å². The fourth-order valence-electron chi connectivity index (χ4n) is 2.74. The fourth-order valence-corrected chi connectivity index (χ4v) is 3.82. The Morgan fingerprint density at radius 1 is 1.12 bits per heavy atom. The van der Waals surface area contributed by atoms with Crippen molar-refractivity contribution in [2.75, 3.05) is 40.3 Å². The quantitative estimate of drug-likeness (QED) is 0.755. The second-order valence-electron chi connectivity index (χ2n) is 6.43. The van der Waals surface area contributed by atoms with E-state index in [1.54, 1.807) is 12.1 Å². The van der Waals surface area contributed by atoms with Gasteiger partial charge in [-0.1, -0.05) is 0 Å². The molecule has 134 valence electrons. The van der Waals surface area contributed by atoms with E-state index < -0.39 is 10.0 Å². The highest BCUT2D eigenvalue weighted by Gasteiger charge is 2.19. The zero-order valence-electron chi connectivity index (χ0n) is 14.5. The van der Waals surface area contributed by atoms with Crippen molar-refractivity contribution in [3.05, 3.63) is 29.8 Å². The maximum atomic E-state index is 12.4. The van der Waals surface area contributed by atoms with Gasteiger partial charge in [0.25, 0.3) is 5.91 Å². The summed E-state index contributed by atoms with van der Waals surface area (Å²) in [7, 11) is 0.383. The first-order chi connectivity index (χ1) is 11.4. The molecule has 2 rings (SSSR count). The van der Waals surface area contributed by atoms with Crippen LogP contribution in [0.25, 0.3) is 0 Å². The number of hydrogen-bond donors (Lipinski definition) is 1. The van der Waals surface area contributed by atoms with E-state index >= 15 is 0 Å². The molecule has 0 saturated carbocycles. The Hall–Kier alpha value is -1.44. The topological polar surface area (TPSA) is 69.7 Å². The number of hydrogen-bond acceptors (Lipinski definition) is 4. The van der Waals surface area contributed by atoms with Crippen LogP contribution in [-0.4, -0.2) is 64.4 Å². The molecule has 0 aromatic heterocycles. The standard InChI is InChI=1S/C17H27N3O3S/c1-19(2)12-6-11-18-24(22,23)16-9-7-15(8-10-16)17(21)20-13-4-3-5-14-20/h7-10,18H,3-6,11-14H2,1-2H3. The second-order valence-corrected chi connectivity index (χ2v) is 8.20. The van der Waals surface area contributed by atoms with Crippen LogP contribution >= 0.6 is 0 Å². The van der Waals surface area contributed by atoms with E-state index in [1.807, 2.05) is 23.9 Å². The Kier molecular flexibility index (Phi) is 6.77. The molecule has 0 bridgehead atoms.